The molecule has 3 aliphatic rings. The number of aliphatic imine (C=N–C) groups is 1. The number of fused-ring (bicyclic) bond motifs is 4. The van der Waals surface area contributed by atoms with E-state index in [0.29, 0.717) is 55.9 Å². The number of hydrogen-bond acceptors (Lipinski definition) is 8. The second-order valence-corrected chi connectivity index (χ2v) is 14.2. The molecule has 5 aromatic rings. The summed E-state index contributed by atoms with van der Waals surface area (Å²) in [6.07, 6.45) is 4.51. The molecular weight excluding hydrogens is 671 g/mol. The van der Waals surface area contributed by atoms with Gasteiger partial charge in [-0.05, 0) is 75.1 Å². The van der Waals surface area contributed by atoms with E-state index in [0.717, 1.165) is 61.5 Å². The van der Waals surface area contributed by atoms with E-state index >= 15 is 0 Å². The van der Waals surface area contributed by atoms with Gasteiger partial charge in [0.2, 0.25) is 5.91 Å². The van der Waals surface area contributed by atoms with Gasteiger partial charge in [0.1, 0.15) is 23.4 Å². The largest absolute Gasteiger partial charge is 0.329 e. The number of allylic oxidation sites excluding steroid dienone is 1. The summed E-state index contributed by atoms with van der Waals surface area (Å²) in [7, 11) is 0. The van der Waals surface area contributed by atoms with Crippen molar-refractivity contribution in [3.05, 3.63) is 122 Å². The molecule has 1 unspecified atom stereocenters. The number of rotatable bonds is 5. The highest BCUT2D eigenvalue weighted by Gasteiger charge is 2.38. The van der Waals surface area contributed by atoms with Crippen LogP contribution in [0.2, 0.25) is 0 Å². The number of carbonyl (C=O) groups excluding carboxylic acids is 2. The second-order valence-electron chi connectivity index (χ2n) is 13.2. The van der Waals surface area contributed by atoms with Crippen LogP contribution in [0.1, 0.15) is 91.6 Å². The SMILES string of the molecule is C=C1CCC(N2Cc3c(C#CCCCn4cc(C#Cc5sc6c(c5C)C(c5ccc(C)cc5)=NCc5nnc(C)n5-6)nn4)cccc3C2=O)C(=O)N1. The van der Waals surface area contributed by atoms with E-state index in [-0.39, 0.29) is 11.8 Å². The maximum absolute atomic E-state index is 13.2. The topological polar surface area (TPSA) is 123 Å². The van der Waals surface area contributed by atoms with Gasteiger partial charge in [0.15, 0.2) is 11.5 Å². The van der Waals surface area contributed by atoms with Crippen LogP contribution in [0.5, 0.6) is 0 Å². The number of thiophene rings is 1. The third-order valence-electron chi connectivity index (χ3n) is 9.61. The van der Waals surface area contributed by atoms with E-state index in [4.69, 9.17) is 4.99 Å². The molecule has 1 N–H and O–H groups in total. The maximum atomic E-state index is 13.2. The summed E-state index contributed by atoms with van der Waals surface area (Å²) in [5, 5.41) is 21.1. The molecule has 52 heavy (non-hydrogen) atoms. The molecule has 12 heteroatoms. The van der Waals surface area contributed by atoms with Gasteiger partial charge >= 0.3 is 0 Å². The highest BCUT2D eigenvalue weighted by Crippen LogP contribution is 2.36. The molecule has 3 aromatic heterocycles. The van der Waals surface area contributed by atoms with Crippen LogP contribution >= 0.6 is 11.3 Å². The molecule has 0 aliphatic carbocycles. The number of aryl methyl sites for hydroxylation is 3. The van der Waals surface area contributed by atoms with Gasteiger partial charge in [0, 0.05) is 47.5 Å². The molecule has 2 aromatic carbocycles. The van der Waals surface area contributed by atoms with Crippen LogP contribution in [-0.4, -0.2) is 58.2 Å². The number of hydrogen-bond donors (Lipinski definition) is 1. The molecule has 0 saturated carbocycles. The number of aromatic nitrogens is 6. The molecular formula is C40H35N9O2S. The van der Waals surface area contributed by atoms with Crippen molar-refractivity contribution in [1.29, 1.82) is 0 Å². The number of nitrogens with one attached hydrogen (secondary N) is 1. The standard InChI is InChI=1S/C40H35N9O2S/c1-24-12-15-29(16-13-24)37-36-26(3)34(52-40(36)49-27(4)43-45-35(49)21-41-37)19-17-30-22-47(46-44-30)20-7-5-6-9-28-10-8-11-31-32(28)23-48(39(31)51)33-18-14-25(2)42-38(33)50/h8,10-13,15-16,22,33H,2,5,7,14,18,20-21,23H2,1,3-4H3,(H,42,50). The quantitative estimate of drug-likeness (QED) is 0.199. The predicted molar refractivity (Wildman–Crippen MR) is 198 cm³/mol. The van der Waals surface area contributed by atoms with Gasteiger partial charge < -0.3 is 10.2 Å². The van der Waals surface area contributed by atoms with Crippen molar-refractivity contribution in [3.8, 4) is 28.7 Å². The van der Waals surface area contributed by atoms with Crippen molar-refractivity contribution in [2.24, 2.45) is 4.99 Å². The minimum absolute atomic E-state index is 0.124. The van der Waals surface area contributed by atoms with Gasteiger partial charge in [-0.1, -0.05) is 59.5 Å². The van der Waals surface area contributed by atoms with Crippen LogP contribution in [0.25, 0.3) is 5.00 Å². The average Bonchev–Trinajstić information content (AvgIpc) is 3.88. The van der Waals surface area contributed by atoms with Crippen molar-refractivity contribution in [1.82, 2.24) is 40.0 Å². The Labute approximate surface area is 305 Å². The first-order chi connectivity index (χ1) is 25.2. The van der Waals surface area contributed by atoms with Crippen molar-refractivity contribution < 1.29 is 9.59 Å². The highest BCUT2D eigenvalue weighted by molar-refractivity contribution is 7.15. The Morgan fingerprint density at radius 1 is 1.02 bits per heavy atom. The molecule has 258 valence electrons. The third kappa shape index (κ3) is 6.12. The van der Waals surface area contributed by atoms with Gasteiger partial charge in [0.25, 0.3) is 5.91 Å². The zero-order valence-corrected chi connectivity index (χ0v) is 30.0. The van der Waals surface area contributed by atoms with Gasteiger partial charge in [-0.2, -0.15) is 0 Å². The Morgan fingerprint density at radius 3 is 2.69 bits per heavy atom. The zero-order chi connectivity index (χ0) is 35.9. The average molecular weight is 706 g/mol. The molecule has 3 aliphatic heterocycles. The first-order valence-corrected chi connectivity index (χ1v) is 18.1. The van der Waals surface area contributed by atoms with E-state index < -0.39 is 6.04 Å². The third-order valence-corrected chi connectivity index (χ3v) is 10.8. The number of unbranched alkanes of at least 4 members (excludes halogenated alkanes) is 1. The normalized spacial score (nSPS) is 16.1. The zero-order valence-electron chi connectivity index (χ0n) is 29.2. The Bertz CT molecular complexity index is 2440. The molecule has 8 rings (SSSR count). The monoisotopic (exact) mass is 705 g/mol. The summed E-state index contributed by atoms with van der Waals surface area (Å²) < 4.78 is 3.88. The van der Waals surface area contributed by atoms with Crippen molar-refractivity contribution >= 4 is 28.9 Å². The van der Waals surface area contributed by atoms with Gasteiger partial charge in [-0.3, -0.25) is 23.8 Å². The minimum Gasteiger partial charge on any atom is -0.329 e. The molecule has 11 nitrogen and oxygen atoms in total. The molecule has 0 spiro atoms. The van der Waals surface area contributed by atoms with Crippen molar-refractivity contribution in [3.63, 3.8) is 0 Å². The number of nitrogens with zero attached hydrogens (tertiary/aromatic N) is 8. The lowest BCUT2D eigenvalue weighted by atomic mass is 9.99. The Morgan fingerprint density at radius 2 is 1.87 bits per heavy atom. The van der Waals surface area contributed by atoms with Crippen LogP contribution in [0.4, 0.5) is 0 Å². The molecule has 1 atom stereocenters. The maximum Gasteiger partial charge on any atom is 0.255 e. The van der Waals surface area contributed by atoms with Gasteiger partial charge in [-0.25, -0.2) is 0 Å². The summed E-state index contributed by atoms with van der Waals surface area (Å²) in [5.41, 5.74) is 8.91. The lowest BCUT2D eigenvalue weighted by Gasteiger charge is -2.30. The smallest absolute Gasteiger partial charge is 0.255 e. The van der Waals surface area contributed by atoms with Crippen molar-refractivity contribution in [2.75, 3.05) is 0 Å². The Balaban J connectivity index is 0.941. The number of piperidine rings is 1. The van der Waals surface area contributed by atoms with E-state index in [2.05, 4.69) is 98.8 Å². The molecule has 0 bridgehead atoms. The van der Waals surface area contributed by atoms with Crippen molar-refractivity contribution in [2.45, 2.75) is 72.1 Å². The first-order valence-electron chi connectivity index (χ1n) is 17.2. The van der Waals surface area contributed by atoms with E-state index in [9.17, 15) is 9.59 Å². The van der Waals surface area contributed by atoms with E-state index in [1.807, 2.05) is 31.3 Å². The fourth-order valence-corrected chi connectivity index (χ4v) is 8.09. The molecule has 1 saturated heterocycles. The summed E-state index contributed by atoms with van der Waals surface area (Å²) in [6, 6.07) is 13.5. The molecule has 0 radical (unpaired) electrons. The van der Waals surface area contributed by atoms with Crippen LogP contribution in [-0.2, 0) is 24.4 Å². The number of benzene rings is 2. The minimum atomic E-state index is -0.494. The second kappa shape index (κ2) is 13.5. The number of carbonyl (C=O) groups is 2. The van der Waals surface area contributed by atoms with Crippen LogP contribution in [0.3, 0.4) is 0 Å². The summed E-state index contributed by atoms with van der Waals surface area (Å²) in [6.45, 7) is 11.5. The fraction of sp³-hybridized carbons (Fsp3) is 0.275. The molecule has 1 fully saturated rings. The summed E-state index contributed by atoms with van der Waals surface area (Å²) in [4.78, 5) is 33.3. The van der Waals surface area contributed by atoms with Crippen LogP contribution in [0.15, 0.2) is 65.9 Å². The summed E-state index contributed by atoms with van der Waals surface area (Å²) in [5.74, 6) is 14.4. The number of amides is 2. The van der Waals surface area contributed by atoms with E-state index in [1.165, 1.54) is 5.56 Å². The van der Waals surface area contributed by atoms with Crippen LogP contribution in [0, 0.1) is 44.5 Å². The fourth-order valence-electron chi connectivity index (χ4n) is 6.86. The van der Waals surface area contributed by atoms with Gasteiger partial charge in [0.05, 0.1) is 16.8 Å². The summed E-state index contributed by atoms with van der Waals surface area (Å²) >= 11 is 1.61. The predicted octanol–water partition coefficient (Wildman–Crippen LogP) is 5.18. The van der Waals surface area contributed by atoms with E-state index in [1.54, 1.807) is 20.9 Å². The first kappa shape index (κ1) is 33.1. The molecule has 6 heterocycles. The lowest BCUT2D eigenvalue weighted by molar-refractivity contribution is -0.126. The Hall–Kier alpha value is -6.11. The molecule has 2 amide bonds. The Kier molecular flexibility index (Phi) is 8.61. The lowest BCUT2D eigenvalue weighted by Crippen LogP contribution is -2.49. The van der Waals surface area contributed by atoms with Crippen LogP contribution < -0.4 is 5.32 Å². The highest BCUT2D eigenvalue weighted by atomic mass is 32.1. The van der Waals surface area contributed by atoms with Gasteiger partial charge in [-0.15, -0.1) is 26.6 Å².